The van der Waals surface area contributed by atoms with Crippen LogP contribution >= 0.6 is 35.3 Å². The van der Waals surface area contributed by atoms with Gasteiger partial charge in [-0.2, -0.15) is 11.3 Å². The minimum atomic E-state index is 0. The lowest BCUT2D eigenvalue weighted by Crippen LogP contribution is -2.45. The highest BCUT2D eigenvalue weighted by atomic mass is 127. The van der Waals surface area contributed by atoms with Crippen molar-refractivity contribution in [1.82, 2.24) is 10.6 Å². The number of guanidine groups is 1. The standard InChI is InChI=1S/C15H25N3S.HI/c1-12(13-8-9-19-11-13)10-17-15(16-2)18-14-6-4-3-5-7-14;/h8-9,11-12,14H,3-7,10H2,1-2H3,(H2,16,17,18);1H. The molecule has 0 aromatic carbocycles. The lowest BCUT2D eigenvalue weighted by Gasteiger charge is -2.25. The largest absolute Gasteiger partial charge is 0.356 e. The van der Waals surface area contributed by atoms with Gasteiger partial charge in [-0.15, -0.1) is 24.0 Å². The van der Waals surface area contributed by atoms with E-state index in [1.807, 2.05) is 7.05 Å². The van der Waals surface area contributed by atoms with E-state index in [1.54, 1.807) is 11.3 Å². The first-order chi connectivity index (χ1) is 9.29. The van der Waals surface area contributed by atoms with Crippen LogP contribution in [0.5, 0.6) is 0 Å². The van der Waals surface area contributed by atoms with Crippen LogP contribution in [0.4, 0.5) is 0 Å². The molecular formula is C15H26IN3S. The van der Waals surface area contributed by atoms with E-state index >= 15 is 0 Å². The fourth-order valence-electron chi connectivity index (χ4n) is 2.56. The normalized spacial score (nSPS) is 18.2. The van der Waals surface area contributed by atoms with E-state index in [-0.39, 0.29) is 24.0 Å². The van der Waals surface area contributed by atoms with Crippen molar-refractivity contribution < 1.29 is 0 Å². The summed E-state index contributed by atoms with van der Waals surface area (Å²) in [6.07, 6.45) is 6.64. The summed E-state index contributed by atoms with van der Waals surface area (Å²) >= 11 is 1.76. The van der Waals surface area contributed by atoms with Gasteiger partial charge in [0.2, 0.25) is 0 Å². The first-order valence-electron chi connectivity index (χ1n) is 7.29. The van der Waals surface area contributed by atoms with Crippen molar-refractivity contribution >= 4 is 41.3 Å². The van der Waals surface area contributed by atoms with Crippen LogP contribution in [-0.4, -0.2) is 25.6 Å². The number of aliphatic imine (C=N–C) groups is 1. The van der Waals surface area contributed by atoms with E-state index in [0.717, 1.165) is 12.5 Å². The molecule has 1 aliphatic rings. The average molecular weight is 407 g/mol. The Morgan fingerprint density at radius 3 is 2.75 bits per heavy atom. The van der Waals surface area contributed by atoms with Crippen molar-refractivity contribution in [1.29, 1.82) is 0 Å². The molecule has 1 aromatic rings. The Morgan fingerprint density at radius 1 is 1.40 bits per heavy atom. The summed E-state index contributed by atoms with van der Waals surface area (Å²) in [7, 11) is 1.85. The smallest absolute Gasteiger partial charge is 0.191 e. The molecule has 1 aromatic heterocycles. The first kappa shape index (κ1) is 17.8. The molecule has 2 N–H and O–H groups in total. The third-order valence-electron chi connectivity index (χ3n) is 3.86. The van der Waals surface area contributed by atoms with Gasteiger partial charge in [-0.05, 0) is 41.1 Å². The van der Waals surface area contributed by atoms with E-state index < -0.39 is 0 Å². The predicted octanol–water partition coefficient (Wildman–Crippen LogP) is 3.97. The molecule has 0 radical (unpaired) electrons. The average Bonchev–Trinajstić information content (AvgIpc) is 2.98. The molecule has 114 valence electrons. The highest BCUT2D eigenvalue weighted by Crippen LogP contribution is 2.18. The molecule has 0 amide bonds. The molecule has 1 heterocycles. The van der Waals surface area contributed by atoms with E-state index in [2.05, 4.69) is 39.4 Å². The Hall–Kier alpha value is -0.300. The molecule has 1 fully saturated rings. The monoisotopic (exact) mass is 407 g/mol. The number of nitrogens with zero attached hydrogens (tertiary/aromatic N) is 1. The Balaban J connectivity index is 0.00000200. The van der Waals surface area contributed by atoms with E-state index in [9.17, 15) is 0 Å². The van der Waals surface area contributed by atoms with Crippen LogP contribution in [0, 0.1) is 0 Å². The lowest BCUT2D eigenvalue weighted by molar-refractivity contribution is 0.409. The number of hydrogen-bond donors (Lipinski definition) is 2. The zero-order chi connectivity index (χ0) is 13.5. The molecule has 0 bridgehead atoms. The van der Waals surface area contributed by atoms with Gasteiger partial charge in [0, 0.05) is 19.6 Å². The highest BCUT2D eigenvalue weighted by molar-refractivity contribution is 14.0. The maximum Gasteiger partial charge on any atom is 0.191 e. The van der Waals surface area contributed by atoms with Gasteiger partial charge in [0.25, 0.3) is 0 Å². The second-order valence-corrected chi connectivity index (χ2v) is 6.17. The maximum atomic E-state index is 4.33. The number of hydrogen-bond acceptors (Lipinski definition) is 2. The summed E-state index contributed by atoms with van der Waals surface area (Å²) in [6, 6.07) is 2.81. The van der Waals surface area contributed by atoms with Crippen molar-refractivity contribution in [2.45, 2.75) is 51.0 Å². The summed E-state index contributed by atoms with van der Waals surface area (Å²) in [5, 5.41) is 11.4. The minimum Gasteiger partial charge on any atom is -0.356 e. The van der Waals surface area contributed by atoms with Crippen molar-refractivity contribution in [2.24, 2.45) is 4.99 Å². The molecule has 3 nitrogen and oxygen atoms in total. The zero-order valence-electron chi connectivity index (χ0n) is 12.4. The molecule has 0 spiro atoms. The van der Waals surface area contributed by atoms with Crippen LogP contribution in [0.3, 0.4) is 0 Å². The van der Waals surface area contributed by atoms with Crippen LogP contribution in [0.1, 0.15) is 50.5 Å². The van der Waals surface area contributed by atoms with Crippen LogP contribution in [0.15, 0.2) is 21.8 Å². The zero-order valence-corrected chi connectivity index (χ0v) is 15.5. The first-order valence-corrected chi connectivity index (χ1v) is 8.23. The number of thiophene rings is 1. The maximum absolute atomic E-state index is 4.33. The summed E-state index contributed by atoms with van der Waals surface area (Å²) in [6.45, 7) is 3.19. The van der Waals surface area contributed by atoms with Gasteiger partial charge in [-0.3, -0.25) is 4.99 Å². The van der Waals surface area contributed by atoms with Crippen LogP contribution in [0.2, 0.25) is 0 Å². The summed E-state index contributed by atoms with van der Waals surface area (Å²) in [4.78, 5) is 4.33. The van der Waals surface area contributed by atoms with Crippen LogP contribution in [0.25, 0.3) is 0 Å². The van der Waals surface area contributed by atoms with Crippen molar-refractivity contribution in [3.8, 4) is 0 Å². The van der Waals surface area contributed by atoms with Gasteiger partial charge in [0.05, 0.1) is 0 Å². The van der Waals surface area contributed by atoms with Crippen molar-refractivity contribution in [3.05, 3.63) is 22.4 Å². The molecule has 2 rings (SSSR count). The van der Waals surface area contributed by atoms with Gasteiger partial charge in [-0.25, -0.2) is 0 Å². The molecule has 5 heteroatoms. The van der Waals surface area contributed by atoms with Gasteiger partial charge in [0.15, 0.2) is 5.96 Å². The Morgan fingerprint density at radius 2 is 2.15 bits per heavy atom. The topological polar surface area (TPSA) is 36.4 Å². The summed E-state index contributed by atoms with van der Waals surface area (Å²) in [5.41, 5.74) is 1.41. The predicted molar refractivity (Wildman–Crippen MR) is 99.5 cm³/mol. The molecular weight excluding hydrogens is 381 g/mol. The second kappa shape index (κ2) is 9.60. The fraction of sp³-hybridized carbons (Fsp3) is 0.667. The number of nitrogens with one attached hydrogen (secondary N) is 2. The fourth-order valence-corrected chi connectivity index (χ4v) is 3.34. The molecule has 1 saturated carbocycles. The summed E-state index contributed by atoms with van der Waals surface area (Å²) < 4.78 is 0. The minimum absolute atomic E-state index is 0. The van der Waals surface area contributed by atoms with Crippen LogP contribution in [-0.2, 0) is 0 Å². The van der Waals surface area contributed by atoms with E-state index in [1.165, 1.54) is 37.7 Å². The van der Waals surface area contributed by atoms with Crippen molar-refractivity contribution in [2.75, 3.05) is 13.6 Å². The van der Waals surface area contributed by atoms with Crippen molar-refractivity contribution in [3.63, 3.8) is 0 Å². The molecule has 0 aliphatic heterocycles. The third kappa shape index (κ3) is 5.60. The van der Waals surface area contributed by atoms with Gasteiger partial charge in [-0.1, -0.05) is 26.2 Å². The third-order valence-corrected chi connectivity index (χ3v) is 4.56. The SMILES string of the molecule is CN=C(NCC(C)c1ccsc1)NC1CCCCC1.I. The number of rotatable bonds is 4. The summed E-state index contributed by atoms with van der Waals surface area (Å²) in [5.74, 6) is 1.48. The molecule has 1 unspecified atom stereocenters. The molecule has 20 heavy (non-hydrogen) atoms. The van der Waals surface area contributed by atoms with Gasteiger partial charge in [0.1, 0.15) is 0 Å². The molecule has 1 atom stereocenters. The lowest BCUT2D eigenvalue weighted by atomic mass is 9.96. The highest BCUT2D eigenvalue weighted by Gasteiger charge is 2.15. The van der Waals surface area contributed by atoms with Crippen LogP contribution < -0.4 is 10.6 Å². The number of halogens is 1. The molecule has 1 aliphatic carbocycles. The Bertz CT molecular complexity index is 386. The van der Waals surface area contributed by atoms with E-state index in [0.29, 0.717) is 12.0 Å². The quantitative estimate of drug-likeness (QED) is 0.450. The Kier molecular flexibility index (Phi) is 8.52. The van der Waals surface area contributed by atoms with Gasteiger partial charge < -0.3 is 10.6 Å². The van der Waals surface area contributed by atoms with Gasteiger partial charge >= 0.3 is 0 Å². The Labute approximate surface area is 143 Å². The molecule has 0 saturated heterocycles. The second-order valence-electron chi connectivity index (χ2n) is 5.39. The van der Waals surface area contributed by atoms with E-state index in [4.69, 9.17) is 0 Å².